The molecule has 0 bridgehead atoms. The second kappa shape index (κ2) is 11.1. The molecule has 0 fully saturated rings. The van der Waals surface area contributed by atoms with Crippen LogP contribution in [-0.2, 0) is 22.7 Å². The minimum absolute atomic E-state index is 0.0274. The van der Waals surface area contributed by atoms with Crippen molar-refractivity contribution in [3.8, 4) is 5.75 Å². The van der Waals surface area contributed by atoms with Gasteiger partial charge in [-0.05, 0) is 43.7 Å². The molecule has 0 unspecified atom stereocenters. The second-order valence-corrected chi connectivity index (χ2v) is 8.80. The van der Waals surface area contributed by atoms with E-state index < -0.39 is 17.8 Å². The molecule has 0 aliphatic heterocycles. The lowest BCUT2D eigenvalue weighted by Crippen LogP contribution is -2.16. The number of primary amides is 1. The molecule has 0 aliphatic carbocycles. The minimum atomic E-state index is -0.700. The van der Waals surface area contributed by atoms with E-state index in [0.717, 1.165) is 23.1 Å². The van der Waals surface area contributed by atoms with Gasteiger partial charge >= 0.3 is 5.97 Å². The molecule has 13 heteroatoms. The molecule has 3 aromatic rings. The van der Waals surface area contributed by atoms with Gasteiger partial charge in [-0.3, -0.25) is 9.59 Å². The van der Waals surface area contributed by atoms with E-state index in [9.17, 15) is 18.8 Å². The van der Waals surface area contributed by atoms with E-state index in [4.69, 9.17) is 15.2 Å². The van der Waals surface area contributed by atoms with Crippen LogP contribution in [0.5, 0.6) is 5.75 Å². The number of thiophene rings is 1. The third-order valence-electron chi connectivity index (χ3n) is 4.64. The van der Waals surface area contributed by atoms with Gasteiger partial charge in [0.1, 0.15) is 23.2 Å². The Balaban J connectivity index is 1.66. The summed E-state index contributed by atoms with van der Waals surface area (Å²) in [6.45, 7) is 4.12. The number of esters is 1. The number of methoxy groups -OCH3 is 1. The van der Waals surface area contributed by atoms with Crippen LogP contribution in [0.3, 0.4) is 0 Å². The van der Waals surface area contributed by atoms with Crippen molar-refractivity contribution >= 4 is 45.9 Å². The van der Waals surface area contributed by atoms with Gasteiger partial charge < -0.3 is 25.1 Å². The van der Waals surface area contributed by atoms with E-state index in [2.05, 4.69) is 15.5 Å². The molecule has 10 nitrogen and oxygen atoms in total. The predicted octanol–water partition coefficient (Wildman–Crippen LogP) is 3.00. The van der Waals surface area contributed by atoms with Crippen molar-refractivity contribution < 1.29 is 28.2 Å². The van der Waals surface area contributed by atoms with E-state index in [1.807, 2.05) is 6.92 Å². The fourth-order valence-corrected chi connectivity index (χ4v) is 4.89. The van der Waals surface area contributed by atoms with Gasteiger partial charge in [-0.15, -0.1) is 21.5 Å². The van der Waals surface area contributed by atoms with Crippen molar-refractivity contribution in [1.29, 1.82) is 0 Å². The average molecular weight is 508 g/mol. The van der Waals surface area contributed by atoms with E-state index in [-0.39, 0.29) is 33.6 Å². The number of amides is 2. The molecule has 2 heterocycles. The molecule has 0 saturated heterocycles. The first-order chi connectivity index (χ1) is 16.2. The number of aromatic nitrogens is 3. The summed E-state index contributed by atoms with van der Waals surface area (Å²) in [5, 5.41) is 11.6. The quantitative estimate of drug-likeness (QED) is 0.315. The number of benzene rings is 1. The Kier molecular flexibility index (Phi) is 8.23. The molecule has 2 aromatic heterocycles. The molecule has 2 amide bonds. The van der Waals surface area contributed by atoms with E-state index >= 15 is 0 Å². The SMILES string of the molecule is CCn1c(COc2ccc(F)cc2)nnc1SCC(=O)Nc1sc(C(N)=O)c(C)c1C(=O)OC. The first-order valence-electron chi connectivity index (χ1n) is 9.99. The number of halogens is 1. The Morgan fingerprint density at radius 2 is 1.94 bits per heavy atom. The minimum Gasteiger partial charge on any atom is -0.486 e. The summed E-state index contributed by atoms with van der Waals surface area (Å²) in [5.74, 6) is -1.15. The molecule has 0 atom stereocenters. The predicted molar refractivity (Wildman–Crippen MR) is 125 cm³/mol. The van der Waals surface area contributed by atoms with Crippen molar-refractivity contribution in [3.05, 3.63) is 51.9 Å². The number of nitrogens with two attached hydrogens (primary N) is 1. The fraction of sp³-hybridized carbons (Fsp3) is 0.286. The lowest BCUT2D eigenvalue weighted by molar-refractivity contribution is -0.113. The number of thioether (sulfide) groups is 1. The lowest BCUT2D eigenvalue weighted by atomic mass is 10.1. The molecule has 3 N–H and O–H groups in total. The molecule has 0 aliphatic rings. The highest BCUT2D eigenvalue weighted by atomic mass is 32.2. The highest BCUT2D eigenvalue weighted by Gasteiger charge is 2.25. The van der Waals surface area contributed by atoms with Crippen molar-refractivity contribution in [3.63, 3.8) is 0 Å². The zero-order valence-electron chi connectivity index (χ0n) is 18.6. The van der Waals surface area contributed by atoms with Gasteiger partial charge in [0, 0.05) is 6.54 Å². The average Bonchev–Trinajstić information content (AvgIpc) is 3.36. The van der Waals surface area contributed by atoms with E-state index in [1.165, 1.54) is 31.4 Å². The van der Waals surface area contributed by atoms with Gasteiger partial charge in [-0.25, -0.2) is 9.18 Å². The molecule has 0 radical (unpaired) electrons. The molecular weight excluding hydrogens is 485 g/mol. The monoisotopic (exact) mass is 507 g/mol. The van der Waals surface area contributed by atoms with Gasteiger partial charge in [-0.2, -0.15) is 0 Å². The molecule has 34 heavy (non-hydrogen) atoms. The molecule has 0 spiro atoms. The summed E-state index contributed by atoms with van der Waals surface area (Å²) in [6, 6.07) is 5.63. The van der Waals surface area contributed by atoms with Gasteiger partial charge in [-0.1, -0.05) is 11.8 Å². The number of anilines is 1. The number of rotatable bonds is 10. The van der Waals surface area contributed by atoms with Gasteiger partial charge in [0.2, 0.25) is 5.91 Å². The number of nitrogens with one attached hydrogen (secondary N) is 1. The topological polar surface area (TPSA) is 138 Å². The van der Waals surface area contributed by atoms with Crippen molar-refractivity contribution in [2.24, 2.45) is 5.73 Å². The summed E-state index contributed by atoms with van der Waals surface area (Å²) in [7, 11) is 1.21. The molecule has 0 saturated carbocycles. The maximum atomic E-state index is 13.0. The normalized spacial score (nSPS) is 10.7. The summed E-state index contributed by atoms with van der Waals surface area (Å²) in [4.78, 5) is 36.5. The number of carbonyl (C=O) groups excluding carboxylic acids is 3. The summed E-state index contributed by atoms with van der Waals surface area (Å²) in [5.41, 5.74) is 5.81. The summed E-state index contributed by atoms with van der Waals surface area (Å²) in [6.07, 6.45) is 0. The standard InChI is InChI=1S/C21H22FN5O5S2/c1-4-27-14(9-32-13-7-5-12(22)6-8-13)25-26-21(27)33-10-15(28)24-19-16(20(30)31-3)11(2)17(34-19)18(23)29/h5-8H,4,9-10H2,1-3H3,(H2,23,29)(H,24,28). The highest BCUT2D eigenvalue weighted by molar-refractivity contribution is 7.99. The van der Waals surface area contributed by atoms with Crippen LogP contribution in [0.2, 0.25) is 0 Å². The maximum Gasteiger partial charge on any atom is 0.341 e. The smallest absolute Gasteiger partial charge is 0.341 e. The highest BCUT2D eigenvalue weighted by Crippen LogP contribution is 2.33. The second-order valence-electron chi connectivity index (χ2n) is 6.84. The summed E-state index contributed by atoms with van der Waals surface area (Å²) >= 11 is 2.07. The van der Waals surface area contributed by atoms with E-state index in [1.54, 1.807) is 11.5 Å². The Bertz CT molecular complexity index is 1210. The number of nitrogens with zero attached hydrogens (tertiary/aromatic N) is 3. The Labute approximate surface area is 202 Å². The first kappa shape index (κ1) is 25.2. The molecular formula is C21H22FN5O5S2. The zero-order chi connectivity index (χ0) is 24.8. The number of carbonyl (C=O) groups is 3. The molecule has 1 aromatic carbocycles. The van der Waals surface area contributed by atoms with Crippen LogP contribution < -0.4 is 15.8 Å². The van der Waals surface area contributed by atoms with Gasteiger partial charge in [0.25, 0.3) is 5.91 Å². The third-order valence-corrected chi connectivity index (χ3v) is 6.83. The van der Waals surface area contributed by atoms with Crippen LogP contribution in [0, 0.1) is 12.7 Å². The first-order valence-corrected chi connectivity index (χ1v) is 11.8. The fourth-order valence-electron chi connectivity index (χ4n) is 3.01. The Hall–Kier alpha value is -3.45. The molecule has 3 rings (SSSR count). The molecule has 180 valence electrons. The van der Waals surface area contributed by atoms with Crippen LogP contribution in [0.1, 0.15) is 38.3 Å². The van der Waals surface area contributed by atoms with E-state index in [0.29, 0.717) is 28.8 Å². The number of hydrogen-bond acceptors (Lipinski definition) is 9. The lowest BCUT2D eigenvalue weighted by Gasteiger charge is -2.09. The maximum absolute atomic E-state index is 13.0. The Morgan fingerprint density at radius 3 is 2.56 bits per heavy atom. The number of ether oxygens (including phenoxy) is 2. The van der Waals surface area contributed by atoms with Crippen molar-refractivity contribution in [2.45, 2.75) is 32.2 Å². The Morgan fingerprint density at radius 1 is 1.24 bits per heavy atom. The van der Waals surface area contributed by atoms with Crippen LogP contribution in [0.4, 0.5) is 9.39 Å². The summed E-state index contributed by atoms with van der Waals surface area (Å²) < 4.78 is 25.2. The van der Waals surface area contributed by atoms with Gasteiger partial charge in [0.05, 0.1) is 23.3 Å². The van der Waals surface area contributed by atoms with Gasteiger partial charge in [0.15, 0.2) is 11.0 Å². The zero-order valence-corrected chi connectivity index (χ0v) is 20.2. The van der Waals surface area contributed by atoms with Crippen molar-refractivity contribution in [1.82, 2.24) is 14.8 Å². The third kappa shape index (κ3) is 5.72. The largest absolute Gasteiger partial charge is 0.486 e. The van der Waals surface area contributed by atoms with Crippen LogP contribution in [0.25, 0.3) is 0 Å². The number of hydrogen-bond donors (Lipinski definition) is 2. The van der Waals surface area contributed by atoms with Crippen molar-refractivity contribution in [2.75, 3.05) is 18.2 Å². The van der Waals surface area contributed by atoms with Crippen LogP contribution in [-0.4, -0.2) is 45.4 Å². The van der Waals surface area contributed by atoms with Crippen LogP contribution in [0.15, 0.2) is 29.4 Å². The van der Waals surface area contributed by atoms with Crippen LogP contribution >= 0.6 is 23.1 Å².